The number of halogens is 1. The van der Waals surface area contributed by atoms with Crippen LogP contribution in [-0.4, -0.2) is 55.6 Å². The number of fused-ring (bicyclic) bond motifs is 3. The molecule has 10 heteroatoms. The molecule has 8 nitrogen and oxygen atoms in total. The van der Waals surface area contributed by atoms with Crippen LogP contribution in [0.2, 0.25) is 5.02 Å². The molecule has 2 aliphatic heterocycles. The van der Waals surface area contributed by atoms with Crippen molar-refractivity contribution in [1.29, 1.82) is 0 Å². The summed E-state index contributed by atoms with van der Waals surface area (Å²) in [6.07, 6.45) is 6.85. The lowest BCUT2D eigenvalue weighted by molar-refractivity contribution is 0.297. The minimum Gasteiger partial charge on any atom is -0.354 e. The van der Waals surface area contributed by atoms with Gasteiger partial charge in [-0.15, -0.1) is 0 Å². The maximum Gasteiger partial charge on any atom is 0.196 e. The molecule has 140 valence electrons. The Morgan fingerprint density at radius 3 is 2.89 bits per heavy atom. The Bertz CT molecular complexity index is 1200. The normalized spacial score (nSPS) is 21.2. The second-order valence-electron chi connectivity index (χ2n) is 7.04. The molecule has 6 rings (SSSR count). The molecule has 0 saturated carbocycles. The number of hydrogen-bond donors (Lipinski definition) is 2. The summed E-state index contributed by atoms with van der Waals surface area (Å²) < 4.78 is 0. The molecule has 0 bridgehead atoms. The summed E-state index contributed by atoms with van der Waals surface area (Å²) in [6.45, 7) is 3.00. The predicted molar refractivity (Wildman–Crippen MR) is 108 cm³/mol. The van der Waals surface area contributed by atoms with E-state index in [9.17, 15) is 0 Å². The van der Waals surface area contributed by atoms with Crippen LogP contribution >= 0.6 is 23.4 Å². The van der Waals surface area contributed by atoms with Crippen molar-refractivity contribution < 1.29 is 0 Å². The van der Waals surface area contributed by atoms with Crippen LogP contribution in [0.15, 0.2) is 40.9 Å². The van der Waals surface area contributed by atoms with Crippen LogP contribution in [0, 0.1) is 5.92 Å². The highest BCUT2D eigenvalue weighted by Crippen LogP contribution is 2.37. The Morgan fingerprint density at radius 2 is 2.07 bits per heavy atom. The van der Waals surface area contributed by atoms with Gasteiger partial charge in [0.15, 0.2) is 10.8 Å². The van der Waals surface area contributed by atoms with Gasteiger partial charge in [0.05, 0.1) is 10.4 Å². The van der Waals surface area contributed by atoms with Gasteiger partial charge >= 0.3 is 0 Å². The summed E-state index contributed by atoms with van der Waals surface area (Å²) in [5.74, 6) is 1.57. The summed E-state index contributed by atoms with van der Waals surface area (Å²) in [4.78, 5) is 28.8. The van der Waals surface area contributed by atoms with Crippen molar-refractivity contribution in [2.24, 2.45) is 5.92 Å². The smallest absolute Gasteiger partial charge is 0.196 e. The van der Waals surface area contributed by atoms with Crippen LogP contribution in [0.25, 0.3) is 22.2 Å². The number of anilines is 1. The van der Waals surface area contributed by atoms with E-state index in [0.717, 1.165) is 46.9 Å². The van der Waals surface area contributed by atoms with E-state index in [-0.39, 0.29) is 0 Å². The number of nitrogens with one attached hydrogen (secondary N) is 2. The molecule has 4 aromatic heterocycles. The standard InChI is InChI=1S/C18H15ClN8S/c19-11-6-24-16-14(11)17(27-7-9-4-22-13(9)8-27)26-18(25-16)28-10-3-12-15(23-5-10)21-2-1-20-12/h1-3,5-6,9,13,22H,4,7-8H2,(H,24,25,26). The molecule has 2 fully saturated rings. The molecule has 2 atom stereocenters. The zero-order valence-corrected chi connectivity index (χ0v) is 16.2. The summed E-state index contributed by atoms with van der Waals surface area (Å²) in [6, 6.07) is 2.50. The van der Waals surface area contributed by atoms with E-state index in [1.54, 1.807) is 24.8 Å². The molecule has 0 aliphatic carbocycles. The maximum atomic E-state index is 6.44. The third-order valence-corrected chi connectivity index (χ3v) is 6.46. The Hall–Kier alpha value is -2.49. The maximum absolute atomic E-state index is 6.44. The number of H-pyrrole nitrogens is 1. The molecular formula is C18H15ClN8S. The number of aromatic nitrogens is 6. The van der Waals surface area contributed by atoms with Crippen molar-refractivity contribution >= 4 is 51.4 Å². The van der Waals surface area contributed by atoms with Gasteiger partial charge in [0.25, 0.3) is 0 Å². The van der Waals surface area contributed by atoms with Crippen molar-refractivity contribution in [3.63, 3.8) is 0 Å². The van der Waals surface area contributed by atoms with Crippen molar-refractivity contribution in [2.45, 2.75) is 16.1 Å². The van der Waals surface area contributed by atoms with E-state index >= 15 is 0 Å². The van der Waals surface area contributed by atoms with Crippen LogP contribution in [0.5, 0.6) is 0 Å². The lowest BCUT2D eigenvalue weighted by Gasteiger charge is -2.29. The molecule has 4 aromatic rings. The van der Waals surface area contributed by atoms with E-state index < -0.39 is 0 Å². The van der Waals surface area contributed by atoms with Gasteiger partial charge in [-0.25, -0.2) is 19.9 Å². The van der Waals surface area contributed by atoms with Crippen molar-refractivity contribution in [3.8, 4) is 0 Å². The lowest BCUT2D eigenvalue weighted by atomic mass is 9.96. The largest absolute Gasteiger partial charge is 0.354 e. The van der Waals surface area contributed by atoms with Gasteiger partial charge in [0, 0.05) is 61.3 Å². The first-order chi connectivity index (χ1) is 13.7. The Kier molecular flexibility index (Phi) is 3.68. The highest BCUT2D eigenvalue weighted by atomic mass is 35.5. The monoisotopic (exact) mass is 410 g/mol. The van der Waals surface area contributed by atoms with Crippen LogP contribution in [0.1, 0.15) is 0 Å². The molecule has 2 unspecified atom stereocenters. The molecule has 0 radical (unpaired) electrons. The number of hydrogen-bond acceptors (Lipinski definition) is 8. The first kappa shape index (κ1) is 16.5. The number of rotatable bonds is 3. The summed E-state index contributed by atoms with van der Waals surface area (Å²) in [7, 11) is 0. The van der Waals surface area contributed by atoms with E-state index in [2.05, 4.69) is 35.1 Å². The second kappa shape index (κ2) is 6.26. The van der Waals surface area contributed by atoms with E-state index in [1.165, 1.54) is 11.8 Å². The fraction of sp³-hybridized carbons (Fsp3) is 0.278. The van der Waals surface area contributed by atoms with Gasteiger partial charge in [-0.2, -0.15) is 0 Å². The molecule has 6 heterocycles. The third kappa shape index (κ3) is 2.61. The molecule has 0 amide bonds. The molecular weight excluding hydrogens is 396 g/mol. The average Bonchev–Trinajstić information content (AvgIpc) is 3.21. The Labute approximate surface area is 169 Å². The fourth-order valence-electron chi connectivity index (χ4n) is 3.86. The topological polar surface area (TPSA) is 95.5 Å². The summed E-state index contributed by atoms with van der Waals surface area (Å²) in [5, 5.41) is 5.67. The van der Waals surface area contributed by atoms with Crippen molar-refractivity contribution in [1.82, 2.24) is 35.2 Å². The second-order valence-corrected chi connectivity index (χ2v) is 8.49. The molecule has 2 saturated heterocycles. The summed E-state index contributed by atoms with van der Waals surface area (Å²) in [5.41, 5.74) is 2.12. The number of pyridine rings is 1. The fourth-order valence-corrected chi connectivity index (χ4v) is 4.84. The molecule has 0 aromatic carbocycles. The van der Waals surface area contributed by atoms with E-state index in [0.29, 0.717) is 27.8 Å². The SMILES string of the molecule is Clc1c[nH]c2nc(Sc3cnc4nccnc4c3)nc(N3CC4CNC4C3)c12. The van der Waals surface area contributed by atoms with Crippen molar-refractivity contribution in [2.75, 3.05) is 24.5 Å². The molecule has 2 N–H and O–H groups in total. The van der Waals surface area contributed by atoms with Gasteiger partial charge in [-0.3, -0.25) is 4.98 Å². The van der Waals surface area contributed by atoms with Gasteiger partial charge in [-0.05, 0) is 17.8 Å². The van der Waals surface area contributed by atoms with Gasteiger partial charge < -0.3 is 15.2 Å². The van der Waals surface area contributed by atoms with Crippen LogP contribution in [0.3, 0.4) is 0 Å². The average molecular weight is 411 g/mol. The predicted octanol–water partition coefficient (Wildman–Crippen LogP) is 2.51. The van der Waals surface area contributed by atoms with Crippen molar-refractivity contribution in [3.05, 3.63) is 35.9 Å². The number of aromatic amines is 1. The Balaban J connectivity index is 1.41. The van der Waals surface area contributed by atoms with E-state index in [4.69, 9.17) is 16.6 Å². The molecule has 0 spiro atoms. The molecule has 2 aliphatic rings. The number of nitrogens with zero attached hydrogens (tertiary/aromatic N) is 6. The molecule has 28 heavy (non-hydrogen) atoms. The Morgan fingerprint density at radius 1 is 1.14 bits per heavy atom. The zero-order valence-electron chi connectivity index (χ0n) is 14.6. The first-order valence-electron chi connectivity index (χ1n) is 9.02. The zero-order chi connectivity index (χ0) is 18.7. The lowest BCUT2D eigenvalue weighted by Crippen LogP contribution is -2.51. The summed E-state index contributed by atoms with van der Waals surface area (Å²) >= 11 is 7.90. The minimum absolute atomic E-state index is 0.544. The highest BCUT2D eigenvalue weighted by Gasteiger charge is 2.40. The highest BCUT2D eigenvalue weighted by molar-refractivity contribution is 7.99. The van der Waals surface area contributed by atoms with Crippen LogP contribution < -0.4 is 10.2 Å². The minimum atomic E-state index is 0.544. The third-order valence-electron chi connectivity index (χ3n) is 5.34. The van der Waals surface area contributed by atoms with Crippen LogP contribution in [-0.2, 0) is 0 Å². The van der Waals surface area contributed by atoms with Gasteiger partial charge in [0.2, 0.25) is 0 Å². The quantitative estimate of drug-likeness (QED) is 0.497. The first-order valence-corrected chi connectivity index (χ1v) is 10.2. The van der Waals surface area contributed by atoms with Crippen LogP contribution in [0.4, 0.5) is 5.82 Å². The van der Waals surface area contributed by atoms with E-state index in [1.807, 2.05) is 6.07 Å². The van der Waals surface area contributed by atoms with Gasteiger partial charge in [-0.1, -0.05) is 11.6 Å². The van der Waals surface area contributed by atoms with Gasteiger partial charge in [0.1, 0.15) is 17.0 Å².